The SMILES string of the molecule is O=[N+]([O-])c1cc(CNCC2CCCO2)cs1. The van der Waals surface area contributed by atoms with Gasteiger partial charge in [-0.25, -0.2) is 0 Å². The molecular weight excluding hydrogens is 228 g/mol. The zero-order valence-corrected chi connectivity index (χ0v) is 9.66. The second-order valence-corrected chi connectivity index (χ2v) is 4.71. The molecule has 0 bridgehead atoms. The molecule has 1 aromatic rings. The molecule has 0 saturated carbocycles. The largest absolute Gasteiger partial charge is 0.377 e. The fraction of sp³-hybridized carbons (Fsp3) is 0.600. The fourth-order valence-electron chi connectivity index (χ4n) is 1.73. The molecule has 0 aromatic carbocycles. The maximum atomic E-state index is 10.5. The molecule has 1 saturated heterocycles. The normalized spacial score (nSPS) is 20.1. The summed E-state index contributed by atoms with van der Waals surface area (Å²) >= 11 is 1.17. The van der Waals surface area contributed by atoms with Gasteiger partial charge in [0.15, 0.2) is 0 Å². The third-order valence-electron chi connectivity index (χ3n) is 2.54. The fourth-order valence-corrected chi connectivity index (χ4v) is 2.46. The molecule has 0 amide bonds. The van der Waals surface area contributed by atoms with Crippen LogP contribution in [-0.2, 0) is 11.3 Å². The highest BCUT2D eigenvalue weighted by Crippen LogP contribution is 2.22. The van der Waals surface area contributed by atoms with Gasteiger partial charge < -0.3 is 10.1 Å². The van der Waals surface area contributed by atoms with Gasteiger partial charge in [0.05, 0.1) is 11.0 Å². The van der Waals surface area contributed by atoms with Crippen LogP contribution in [0.4, 0.5) is 5.00 Å². The van der Waals surface area contributed by atoms with Gasteiger partial charge in [-0.05, 0) is 18.4 Å². The molecule has 1 aliphatic rings. The van der Waals surface area contributed by atoms with Crippen LogP contribution in [0.15, 0.2) is 11.4 Å². The van der Waals surface area contributed by atoms with Crippen molar-refractivity contribution in [3.05, 3.63) is 27.1 Å². The number of hydrogen-bond acceptors (Lipinski definition) is 5. The number of hydrogen-bond donors (Lipinski definition) is 1. The number of thiophene rings is 1. The Hall–Kier alpha value is -0.980. The summed E-state index contributed by atoms with van der Waals surface area (Å²) < 4.78 is 5.47. The van der Waals surface area contributed by atoms with Crippen LogP contribution in [0, 0.1) is 10.1 Å². The van der Waals surface area contributed by atoms with Gasteiger partial charge in [-0.2, -0.15) is 0 Å². The Kier molecular flexibility index (Phi) is 3.87. The van der Waals surface area contributed by atoms with Crippen molar-refractivity contribution >= 4 is 16.3 Å². The van der Waals surface area contributed by atoms with Crippen LogP contribution in [0.3, 0.4) is 0 Å². The van der Waals surface area contributed by atoms with Crippen LogP contribution in [0.25, 0.3) is 0 Å². The van der Waals surface area contributed by atoms with E-state index in [4.69, 9.17) is 4.74 Å². The highest BCUT2D eigenvalue weighted by Gasteiger charge is 2.15. The van der Waals surface area contributed by atoms with Crippen molar-refractivity contribution in [1.29, 1.82) is 0 Å². The van der Waals surface area contributed by atoms with Crippen LogP contribution in [-0.4, -0.2) is 24.2 Å². The van der Waals surface area contributed by atoms with Gasteiger partial charge in [0.2, 0.25) is 0 Å². The van der Waals surface area contributed by atoms with Gasteiger partial charge in [-0.3, -0.25) is 10.1 Å². The first-order chi connectivity index (χ1) is 7.75. The molecule has 1 atom stereocenters. The monoisotopic (exact) mass is 242 g/mol. The first kappa shape index (κ1) is 11.5. The van der Waals surface area contributed by atoms with Crippen molar-refractivity contribution in [3.8, 4) is 0 Å². The second-order valence-electron chi connectivity index (χ2n) is 3.82. The molecule has 5 nitrogen and oxygen atoms in total. The molecule has 1 unspecified atom stereocenters. The topological polar surface area (TPSA) is 64.4 Å². The number of nitro groups is 1. The molecule has 6 heteroatoms. The van der Waals surface area contributed by atoms with Crippen molar-refractivity contribution in [2.75, 3.05) is 13.2 Å². The summed E-state index contributed by atoms with van der Waals surface area (Å²) in [5.41, 5.74) is 0.967. The second kappa shape index (κ2) is 5.38. The first-order valence-electron chi connectivity index (χ1n) is 5.30. The maximum absolute atomic E-state index is 10.5. The Morgan fingerprint density at radius 2 is 2.56 bits per heavy atom. The van der Waals surface area contributed by atoms with Gasteiger partial charge in [0.25, 0.3) is 0 Å². The van der Waals surface area contributed by atoms with Crippen LogP contribution in [0.1, 0.15) is 18.4 Å². The van der Waals surface area contributed by atoms with Gasteiger partial charge in [-0.15, -0.1) is 0 Å². The molecule has 1 fully saturated rings. The number of rotatable bonds is 5. The highest BCUT2D eigenvalue weighted by atomic mass is 32.1. The average molecular weight is 242 g/mol. The van der Waals surface area contributed by atoms with E-state index >= 15 is 0 Å². The Labute approximate surface area is 97.6 Å². The molecule has 0 radical (unpaired) electrons. The van der Waals surface area contributed by atoms with Gasteiger partial charge in [0.1, 0.15) is 0 Å². The van der Waals surface area contributed by atoms with E-state index in [1.54, 1.807) is 6.07 Å². The van der Waals surface area contributed by atoms with Crippen molar-refractivity contribution in [3.63, 3.8) is 0 Å². The van der Waals surface area contributed by atoms with Crippen LogP contribution < -0.4 is 5.32 Å². The van der Waals surface area contributed by atoms with Crippen LogP contribution in [0.5, 0.6) is 0 Å². The summed E-state index contributed by atoms with van der Waals surface area (Å²) in [6.45, 7) is 2.35. The van der Waals surface area contributed by atoms with Crippen LogP contribution in [0.2, 0.25) is 0 Å². The predicted molar refractivity (Wildman–Crippen MR) is 61.7 cm³/mol. The molecule has 1 aliphatic heterocycles. The minimum Gasteiger partial charge on any atom is -0.377 e. The lowest BCUT2D eigenvalue weighted by Gasteiger charge is -2.09. The van der Waals surface area contributed by atoms with Crippen LogP contribution >= 0.6 is 11.3 Å². The Balaban J connectivity index is 1.74. The molecule has 88 valence electrons. The summed E-state index contributed by atoms with van der Waals surface area (Å²) in [5.74, 6) is 0. The standard InChI is InChI=1S/C10H14N2O3S/c13-12(14)10-4-8(7-16-10)5-11-6-9-2-1-3-15-9/h4,7,9,11H,1-3,5-6H2. The average Bonchev–Trinajstić information content (AvgIpc) is 2.87. The van der Waals surface area contributed by atoms with E-state index in [0.29, 0.717) is 12.6 Å². The van der Waals surface area contributed by atoms with Crippen molar-refractivity contribution in [2.45, 2.75) is 25.5 Å². The van der Waals surface area contributed by atoms with Gasteiger partial charge >= 0.3 is 5.00 Å². The minimum absolute atomic E-state index is 0.203. The number of nitrogens with zero attached hydrogens (tertiary/aromatic N) is 1. The maximum Gasteiger partial charge on any atom is 0.324 e. The Morgan fingerprint density at radius 1 is 1.69 bits per heavy atom. The highest BCUT2D eigenvalue weighted by molar-refractivity contribution is 7.13. The quantitative estimate of drug-likeness (QED) is 0.633. The molecule has 2 heterocycles. The summed E-state index contributed by atoms with van der Waals surface area (Å²) in [6, 6.07) is 1.62. The van der Waals surface area contributed by atoms with E-state index in [1.807, 2.05) is 5.38 Å². The van der Waals surface area contributed by atoms with E-state index in [2.05, 4.69) is 5.32 Å². The smallest absolute Gasteiger partial charge is 0.324 e. The van der Waals surface area contributed by atoms with Gasteiger partial charge in [0, 0.05) is 31.1 Å². The van der Waals surface area contributed by atoms with E-state index in [9.17, 15) is 10.1 Å². The van der Waals surface area contributed by atoms with E-state index in [1.165, 1.54) is 11.3 Å². The van der Waals surface area contributed by atoms with E-state index < -0.39 is 0 Å². The van der Waals surface area contributed by atoms with Crippen molar-refractivity contribution in [2.24, 2.45) is 0 Å². The summed E-state index contributed by atoms with van der Waals surface area (Å²) in [7, 11) is 0. The predicted octanol–water partition coefficient (Wildman–Crippen LogP) is 1.92. The summed E-state index contributed by atoms with van der Waals surface area (Å²) in [5, 5.41) is 15.8. The zero-order chi connectivity index (χ0) is 11.4. The van der Waals surface area contributed by atoms with Gasteiger partial charge in [-0.1, -0.05) is 11.3 Å². The number of ether oxygens (including phenoxy) is 1. The molecule has 1 N–H and O–H groups in total. The molecule has 0 spiro atoms. The lowest BCUT2D eigenvalue weighted by atomic mass is 10.2. The van der Waals surface area contributed by atoms with E-state index in [-0.39, 0.29) is 9.92 Å². The number of nitrogens with one attached hydrogen (secondary N) is 1. The summed E-state index contributed by atoms with van der Waals surface area (Å²) in [6.07, 6.45) is 2.56. The Morgan fingerprint density at radius 3 is 3.19 bits per heavy atom. The lowest BCUT2D eigenvalue weighted by molar-refractivity contribution is -0.380. The minimum atomic E-state index is -0.353. The molecule has 16 heavy (non-hydrogen) atoms. The molecule has 0 aliphatic carbocycles. The van der Waals surface area contributed by atoms with Crippen molar-refractivity contribution in [1.82, 2.24) is 5.32 Å². The first-order valence-corrected chi connectivity index (χ1v) is 6.18. The molecular formula is C10H14N2O3S. The Bertz CT molecular complexity index is 361. The summed E-state index contributed by atoms with van der Waals surface area (Å²) in [4.78, 5) is 10.1. The van der Waals surface area contributed by atoms with E-state index in [0.717, 1.165) is 31.6 Å². The third-order valence-corrected chi connectivity index (χ3v) is 3.47. The molecule has 1 aromatic heterocycles. The molecule has 2 rings (SSSR count). The lowest BCUT2D eigenvalue weighted by Crippen LogP contribution is -2.25. The third kappa shape index (κ3) is 3.01. The zero-order valence-electron chi connectivity index (χ0n) is 8.85. The van der Waals surface area contributed by atoms with Crippen molar-refractivity contribution < 1.29 is 9.66 Å².